The van der Waals surface area contributed by atoms with E-state index in [4.69, 9.17) is 0 Å². The quantitative estimate of drug-likeness (QED) is 0.588. The molecule has 0 saturated carbocycles. The molecule has 0 radical (unpaired) electrons. The number of benzene rings is 2. The monoisotopic (exact) mass is 418 g/mol. The third kappa shape index (κ3) is 5.07. The summed E-state index contributed by atoms with van der Waals surface area (Å²) < 4.78 is 92.2. The first-order chi connectivity index (χ1) is 13.4. The third-order valence-electron chi connectivity index (χ3n) is 4.15. The van der Waals surface area contributed by atoms with Gasteiger partial charge >= 0.3 is 12.4 Å². The van der Waals surface area contributed by atoms with E-state index in [0.29, 0.717) is 11.6 Å². The molecule has 0 spiro atoms. The number of pyridine rings is 1. The molecule has 154 valence electrons. The van der Waals surface area contributed by atoms with Crippen molar-refractivity contribution in [3.05, 3.63) is 75.8 Å². The van der Waals surface area contributed by atoms with E-state index in [1.165, 1.54) is 18.2 Å². The zero-order valence-electron chi connectivity index (χ0n) is 14.5. The van der Waals surface area contributed by atoms with Crippen LogP contribution < -0.4 is 10.5 Å². The van der Waals surface area contributed by atoms with Crippen molar-refractivity contribution in [2.24, 2.45) is 0 Å². The minimum Gasteiger partial charge on any atom is -0.358 e. The van der Waals surface area contributed by atoms with Gasteiger partial charge in [-0.25, -0.2) is 4.39 Å². The van der Waals surface area contributed by atoms with Gasteiger partial charge in [0.05, 0.1) is 5.56 Å². The predicted octanol–water partition coefficient (Wildman–Crippen LogP) is 5.25. The van der Waals surface area contributed by atoms with Gasteiger partial charge in [0.1, 0.15) is 12.4 Å². The van der Waals surface area contributed by atoms with E-state index in [-0.39, 0.29) is 17.7 Å². The summed E-state index contributed by atoms with van der Waals surface area (Å²) in [5.74, 6) is -0.569. The van der Waals surface area contributed by atoms with Gasteiger partial charge in [-0.2, -0.15) is 26.3 Å². The number of nitrogens with one attached hydrogen (secondary N) is 1. The van der Waals surface area contributed by atoms with E-state index in [1.54, 1.807) is 0 Å². The number of anilines is 1. The molecule has 10 heteroatoms. The second-order valence-electron chi connectivity index (χ2n) is 6.37. The first kappa shape index (κ1) is 20.7. The highest BCUT2D eigenvalue weighted by Crippen LogP contribution is 2.35. The first-order valence-corrected chi connectivity index (χ1v) is 8.23. The highest BCUT2D eigenvalue weighted by atomic mass is 19.4. The molecule has 2 aromatic carbocycles. The molecule has 0 unspecified atom stereocenters. The lowest BCUT2D eigenvalue weighted by atomic mass is 10.1. The number of alkyl halides is 6. The van der Waals surface area contributed by atoms with Gasteiger partial charge in [0.2, 0.25) is 5.56 Å². The van der Waals surface area contributed by atoms with Crippen molar-refractivity contribution >= 4 is 16.6 Å². The van der Waals surface area contributed by atoms with Crippen LogP contribution in [0.4, 0.5) is 36.4 Å². The Bertz CT molecular complexity index is 1070. The fourth-order valence-corrected chi connectivity index (χ4v) is 2.94. The Kier molecular flexibility index (Phi) is 5.29. The molecule has 29 heavy (non-hydrogen) atoms. The van der Waals surface area contributed by atoms with Gasteiger partial charge in [0.25, 0.3) is 0 Å². The van der Waals surface area contributed by atoms with Crippen LogP contribution in [0.15, 0.2) is 53.3 Å². The average Bonchev–Trinajstić information content (AvgIpc) is 2.60. The van der Waals surface area contributed by atoms with Gasteiger partial charge in [-0.05, 0) is 35.9 Å². The van der Waals surface area contributed by atoms with Crippen molar-refractivity contribution in [2.45, 2.75) is 18.9 Å². The summed E-state index contributed by atoms with van der Waals surface area (Å²) in [5, 5.41) is -0.430. The summed E-state index contributed by atoms with van der Waals surface area (Å²) in [4.78, 5) is 14.5. The summed E-state index contributed by atoms with van der Waals surface area (Å²) in [7, 11) is 0. The Balaban J connectivity index is 2.10. The van der Waals surface area contributed by atoms with Gasteiger partial charge in [0.15, 0.2) is 0 Å². The van der Waals surface area contributed by atoms with Crippen molar-refractivity contribution in [3.63, 3.8) is 0 Å². The summed E-state index contributed by atoms with van der Waals surface area (Å²) >= 11 is 0. The van der Waals surface area contributed by atoms with Gasteiger partial charge in [-0.3, -0.25) is 4.79 Å². The second-order valence-corrected chi connectivity index (χ2v) is 6.37. The van der Waals surface area contributed by atoms with E-state index in [1.807, 2.05) is 0 Å². The molecule has 1 heterocycles. The number of hydrogen-bond donors (Lipinski definition) is 1. The van der Waals surface area contributed by atoms with E-state index < -0.39 is 41.2 Å². The SMILES string of the molecule is O=c1cc(C(F)(F)F)c2cc(N(Cc3ccc(F)cc3)CC(F)(F)F)ccc2[nH]1. The van der Waals surface area contributed by atoms with Gasteiger partial charge in [-0.15, -0.1) is 0 Å². The number of aromatic nitrogens is 1. The minimum absolute atomic E-state index is 0.128. The van der Waals surface area contributed by atoms with Crippen molar-refractivity contribution in [1.29, 1.82) is 0 Å². The number of nitrogens with zero attached hydrogens (tertiary/aromatic N) is 1. The molecule has 0 atom stereocenters. The Hall–Kier alpha value is -3.04. The summed E-state index contributed by atoms with van der Waals surface area (Å²) in [5.41, 5.74) is -2.16. The zero-order valence-corrected chi connectivity index (χ0v) is 14.5. The molecule has 0 aliphatic carbocycles. The number of halogens is 7. The van der Waals surface area contributed by atoms with Crippen LogP contribution in [0.5, 0.6) is 0 Å². The van der Waals surface area contributed by atoms with Gasteiger partial charge < -0.3 is 9.88 Å². The standard InChI is InChI=1S/C19H13F7N2O/c20-12-3-1-11(2-4-12)9-28(10-18(21,22)23)13-5-6-16-14(7-13)15(19(24,25)26)8-17(29)27-16/h1-8H,9-10H2,(H,27,29). The van der Waals surface area contributed by atoms with Crippen LogP contribution in [-0.4, -0.2) is 17.7 Å². The van der Waals surface area contributed by atoms with E-state index in [2.05, 4.69) is 4.98 Å². The fraction of sp³-hybridized carbons (Fsp3) is 0.211. The van der Waals surface area contributed by atoms with Crippen molar-refractivity contribution < 1.29 is 30.7 Å². The Morgan fingerprint density at radius 3 is 2.14 bits per heavy atom. The normalized spacial score (nSPS) is 12.4. The van der Waals surface area contributed by atoms with Crippen LogP contribution in [0.3, 0.4) is 0 Å². The van der Waals surface area contributed by atoms with Crippen LogP contribution in [0.1, 0.15) is 11.1 Å². The maximum absolute atomic E-state index is 13.3. The summed E-state index contributed by atoms with van der Waals surface area (Å²) in [6, 6.07) is 8.35. The molecule has 1 aromatic heterocycles. The van der Waals surface area contributed by atoms with Gasteiger partial charge in [0, 0.05) is 29.2 Å². The lowest BCUT2D eigenvalue weighted by molar-refractivity contribution is -0.136. The van der Waals surface area contributed by atoms with E-state index in [9.17, 15) is 35.5 Å². The lowest BCUT2D eigenvalue weighted by Crippen LogP contribution is -2.33. The van der Waals surface area contributed by atoms with Crippen molar-refractivity contribution in [3.8, 4) is 0 Å². The Morgan fingerprint density at radius 2 is 1.55 bits per heavy atom. The number of H-pyrrole nitrogens is 1. The number of hydrogen-bond acceptors (Lipinski definition) is 2. The number of fused-ring (bicyclic) bond motifs is 1. The first-order valence-electron chi connectivity index (χ1n) is 8.23. The molecule has 3 rings (SSSR count). The highest BCUT2D eigenvalue weighted by molar-refractivity contribution is 5.86. The van der Waals surface area contributed by atoms with Gasteiger partial charge in [-0.1, -0.05) is 12.1 Å². The van der Waals surface area contributed by atoms with E-state index in [0.717, 1.165) is 29.2 Å². The number of rotatable bonds is 4. The lowest BCUT2D eigenvalue weighted by Gasteiger charge is -2.27. The third-order valence-corrected chi connectivity index (χ3v) is 4.15. The summed E-state index contributed by atoms with van der Waals surface area (Å²) in [6.45, 7) is -1.74. The molecule has 1 N–H and O–H groups in total. The molecular formula is C19H13F7N2O. The Labute approximate surface area is 159 Å². The molecule has 0 saturated heterocycles. The molecule has 0 aliphatic rings. The van der Waals surface area contributed by atoms with Crippen LogP contribution in [0.2, 0.25) is 0 Å². The van der Waals surface area contributed by atoms with Crippen LogP contribution in [0, 0.1) is 5.82 Å². The predicted molar refractivity (Wildman–Crippen MR) is 93.1 cm³/mol. The topological polar surface area (TPSA) is 36.1 Å². The molecule has 0 aliphatic heterocycles. The van der Waals surface area contributed by atoms with Crippen molar-refractivity contribution in [2.75, 3.05) is 11.4 Å². The summed E-state index contributed by atoms with van der Waals surface area (Å²) in [6.07, 6.45) is -9.50. The van der Waals surface area contributed by atoms with Crippen molar-refractivity contribution in [1.82, 2.24) is 4.98 Å². The maximum Gasteiger partial charge on any atom is 0.417 e. The molecule has 3 nitrogen and oxygen atoms in total. The fourth-order valence-electron chi connectivity index (χ4n) is 2.94. The average molecular weight is 418 g/mol. The van der Waals surface area contributed by atoms with Crippen LogP contribution >= 0.6 is 0 Å². The molecule has 0 fully saturated rings. The van der Waals surface area contributed by atoms with Crippen LogP contribution in [-0.2, 0) is 12.7 Å². The van der Waals surface area contributed by atoms with E-state index >= 15 is 0 Å². The largest absolute Gasteiger partial charge is 0.417 e. The second kappa shape index (κ2) is 7.41. The highest BCUT2D eigenvalue weighted by Gasteiger charge is 2.34. The zero-order chi connectivity index (χ0) is 21.4. The molecule has 3 aromatic rings. The minimum atomic E-state index is -4.86. The Morgan fingerprint density at radius 1 is 0.897 bits per heavy atom. The van der Waals surface area contributed by atoms with Crippen LogP contribution in [0.25, 0.3) is 10.9 Å². The number of aromatic amines is 1. The molecular weight excluding hydrogens is 405 g/mol. The molecule has 0 amide bonds. The molecule has 0 bridgehead atoms. The smallest absolute Gasteiger partial charge is 0.358 e. The maximum atomic E-state index is 13.3.